The number of carbonyl (C=O) groups is 1. The molecule has 0 amide bonds. The van der Waals surface area contributed by atoms with E-state index in [1.165, 1.54) is 30.0 Å². The molecule has 0 atom stereocenters. The van der Waals surface area contributed by atoms with E-state index in [0.717, 1.165) is 12.1 Å². The summed E-state index contributed by atoms with van der Waals surface area (Å²) in [5, 5.41) is 10.1. The van der Waals surface area contributed by atoms with Crippen LogP contribution in [0.15, 0.2) is 52.3 Å². The molecular weight excluding hydrogens is 363 g/mol. The van der Waals surface area contributed by atoms with E-state index in [2.05, 4.69) is 4.98 Å². The van der Waals surface area contributed by atoms with Crippen LogP contribution in [0.4, 0.5) is 13.2 Å². The first-order valence-corrected chi connectivity index (χ1v) is 7.84. The molecule has 3 nitrogen and oxygen atoms in total. The smallest absolute Gasteiger partial charge is 0.416 e. The molecule has 0 saturated carbocycles. The molecule has 0 radical (unpaired) electrons. The molecule has 124 valence electrons. The molecule has 1 heterocycles. The maximum Gasteiger partial charge on any atom is 0.416 e. The fourth-order valence-corrected chi connectivity index (χ4v) is 3.48. The lowest BCUT2D eigenvalue weighted by Crippen LogP contribution is -2.03. The minimum atomic E-state index is -4.39. The van der Waals surface area contributed by atoms with E-state index in [1.807, 2.05) is 0 Å². The van der Waals surface area contributed by atoms with E-state index >= 15 is 0 Å². The van der Waals surface area contributed by atoms with Gasteiger partial charge in [-0.2, -0.15) is 13.2 Å². The number of alkyl halides is 3. The summed E-state index contributed by atoms with van der Waals surface area (Å²) in [5.74, 6) is -1.10. The zero-order valence-corrected chi connectivity index (χ0v) is 13.4. The molecule has 0 aliphatic carbocycles. The van der Waals surface area contributed by atoms with Crippen molar-refractivity contribution >= 4 is 40.2 Å². The standard InChI is InChI=1S/C16H9ClF3NO2S/c17-9-5-12-11(7-13(21-12)15(22)23)14(6-9)24-10-3-1-8(2-4-10)16(18,19)20/h1-7,21H,(H,22,23). The number of aromatic amines is 1. The van der Waals surface area contributed by atoms with Crippen molar-refractivity contribution in [3.63, 3.8) is 0 Å². The van der Waals surface area contributed by atoms with Gasteiger partial charge in [0, 0.05) is 25.7 Å². The number of H-pyrrole nitrogens is 1. The number of nitrogens with one attached hydrogen (secondary N) is 1. The molecule has 0 unspecified atom stereocenters. The van der Waals surface area contributed by atoms with Crippen LogP contribution in [0.2, 0.25) is 5.02 Å². The number of carboxylic acid groups (broad SMARTS) is 1. The first kappa shape index (κ1) is 16.7. The van der Waals surface area contributed by atoms with E-state index in [0.29, 0.717) is 25.7 Å². The molecule has 2 N–H and O–H groups in total. The molecule has 1 aromatic heterocycles. The van der Waals surface area contributed by atoms with Crippen molar-refractivity contribution in [3.8, 4) is 0 Å². The van der Waals surface area contributed by atoms with Crippen molar-refractivity contribution in [2.24, 2.45) is 0 Å². The van der Waals surface area contributed by atoms with E-state index in [1.54, 1.807) is 12.1 Å². The Bertz CT molecular complexity index is 919. The van der Waals surface area contributed by atoms with Gasteiger partial charge in [-0.1, -0.05) is 23.4 Å². The Morgan fingerprint density at radius 3 is 2.38 bits per heavy atom. The topological polar surface area (TPSA) is 53.1 Å². The van der Waals surface area contributed by atoms with Crippen molar-refractivity contribution in [2.75, 3.05) is 0 Å². The lowest BCUT2D eigenvalue weighted by atomic mass is 10.2. The van der Waals surface area contributed by atoms with Crippen LogP contribution < -0.4 is 0 Å². The molecule has 0 aliphatic heterocycles. The van der Waals surface area contributed by atoms with Gasteiger partial charge in [-0.15, -0.1) is 0 Å². The Hall–Kier alpha value is -2.12. The third-order valence-electron chi connectivity index (χ3n) is 3.30. The Labute approximate surface area is 143 Å². The predicted octanol–water partition coefficient (Wildman–Crippen LogP) is 5.69. The second-order valence-corrected chi connectivity index (χ2v) is 6.53. The zero-order chi connectivity index (χ0) is 17.5. The highest BCUT2D eigenvalue weighted by Crippen LogP contribution is 2.37. The lowest BCUT2D eigenvalue weighted by Gasteiger charge is -2.08. The van der Waals surface area contributed by atoms with Crippen LogP contribution in [0.1, 0.15) is 16.1 Å². The van der Waals surface area contributed by atoms with Crippen molar-refractivity contribution in [3.05, 3.63) is 58.7 Å². The molecule has 24 heavy (non-hydrogen) atoms. The van der Waals surface area contributed by atoms with Crippen LogP contribution in [0.3, 0.4) is 0 Å². The molecule has 2 aromatic carbocycles. The van der Waals surface area contributed by atoms with Gasteiger partial charge in [-0.05, 0) is 42.5 Å². The van der Waals surface area contributed by atoms with Crippen LogP contribution in [0.25, 0.3) is 10.9 Å². The SMILES string of the molecule is O=C(O)c1cc2c(Sc3ccc(C(F)(F)F)cc3)cc(Cl)cc2[nH]1. The highest BCUT2D eigenvalue weighted by Gasteiger charge is 2.30. The summed E-state index contributed by atoms with van der Waals surface area (Å²) < 4.78 is 37.8. The average Bonchev–Trinajstić information content (AvgIpc) is 2.91. The predicted molar refractivity (Wildman–Crippen MR) is 85.8 cm³/mol. The molecule has 0 bridgehead atoms. The number of hydrogen-bond acceptors (Lipinski definition) is 2. The molecule has 0 spiro atoms. The van der Waals surface area contributed by atoms with Crippen LogP contribution in [0, 0.1) is 0 Å². The van der Waals surface area contributed by atoms with Crippen molar-refractivity contribution in [2.45, 2.75) is 16.0 Å². The summed E-state index contributed by atoms with van der Waals surface area (Å²) in [6, 6.07) is 9.45. The number of halogens is 4. The third kappa shape index (κ3) is 3.37. The number of aromatic nitrogens is 1. The fraction of sp³-hybridized carbons (Fsp3) is 0.0625. The Kier molecular flexibility index (Phi) is 4.23. The molecule has 3 aromatic rings. The number of carboxylic acids is 1. The number of rotatable bonds is 3. The van der Waals surface area contributed by atoms with Crippen molar-refractivity contribution in [1.29, 1.82) is 0 Å². The van der Waals surface area contributed by atoms with Gasteiger partial charge in [0.25, 0.3) is 0 Å². The van der Waals surface area contributed by atoms with Gasteiger partial charge in [0.2, 0.25) is 0 Å². The third-order valence-corrected chi connectivity index (χ3v) is 4.59. The van der Waals surface area contributed by atoms with Crippen molar-refractivity contribution in [1.82, 2.24) is 4.98 Å². The van der Waals surface area contributed by atoms with Gasteiger partial charge < -0.3 is 10.1 Å². The number of benzene rings is 2. The Morgan fingerprint density at radius 2 is 1.79 bits per heavy atom. The molecule has 0 aliphatic rings. The average molecular weight is 372 g/mol. The Morgan fingerprint density at radius 1 is 1.12 bits per heavy atom. The molecule has 8 heteroatoms. The molecule has 3 rings (SSSR count). The number of aromatic carboxylic acids is 1. The first-order valence-electron chi connectivity index (χ1n) is 6.65. The Balaban J connectivity index is 1.99. The minimum absolute atomic E-state index is 0.0153. The molecular formula is C16H9ClF3NO2S. The van der Waals surface area contributed by atoms with Gasteiger partial charge in [0.15, 0.2) is 0 Å². The summed E-state index contributed by atoms with van der Waals surface area (Å²) in [5.41, 5.74) is -0.159. The number of fused-ring (bicyclic) bond motifs is 1. The monoisotopic (exact) mass is 371 g/mol. The van der Waals surface area contributed by atoms with Crippen molar-refractivity contribution < 1.29 is 23.1 Å². The summed E-state index contributed by atoms with van der Waals surface area (Å²) in [6.45, 7) is 0. The highest BCUT2D eigenvalue weighted by molar-refractivity contribution is 7.99. The van der Waals surface area contributed by atoms with Crippen LogP contribution >= 0.6 is 23.4 Å². The van der Waals surface area contributed by atoms with E-state index in [4.69, 9.17) is 16.7 Å². The second kappa shape index (κ2) is 6.07. The normalized spacial score (nSPS) is 11.8. The summed E-state index contributed by atoms with van der Waals surface area (Å²) >= 11 is 7.25. The molecule has 0 fully saturated rings. The van der Waals surface area contributed by atoms with Crippen LogP contribution in [-0.2, 0) is 6.18 Å². The van der Waals surface area contributed by atoms with E-state index in [9.17, 15) is 18.0 Å². The van der Waals surface area contributed by atoms with E-state index in [-0.39, 0.29) is 5.69 Å². The van der Waals surface area contributed by atoms with Gasteiger partial charge in [-0.3, -0.25) is 0 Å². The molecule has 0 saturated heterocycles. The minimum Gasteiger partial charge on any atom is -0.477 e. The second-order valence-electron chi connectivity index (χ2n) is 4.98. The quantitative estimate of drug-likeness (QED) is 0.622. The zero-order valence-electron chi connectivity index (χ0n) is 11.8. The fourth-order valence-electron chi connectivity index (χ4n) is 2.21. The summed E-state index contributed by atoms with van der Waals surface area (Å²) in [4.78, 5) is 15.1. The van der Waals surface area contributed by atoms with Crippen LogP contribution in [-0.4, -0.2) is 16.1 Å². The lowest BCUT2D eigenvalue weighted by molar-refractivity contribution is -0.137. The maximum atomic E-state index is 12.6. The highest BCUT2D eigenvalue weighted by atomic mass is 35.5. The van der Waals surface area contributed by atoms with Gasteiger partial charge in [0.05, 0.1) is 5.56 Å². The van der Waals surface area contributed by atoms with E-state index < -0.39 is 17.7 Å². The van der Waals surface area contributed by atoms with Gasteiger partial charge >= 0.3 is 12.1 Å². The first-order chi connectivity index (χ1) is 11.2. The number of hydrogen-bond donors (Lipinski definition) is 2. The summed E-state index contributed by atoms with van der Waals surface area (Å²) in [7, 11) is 0. The summed E-state index contributed by atoms with van der Waals surface area (Å²) in [6.07, 6.45) is -4.39. The maximum absolute atomic E-state index is 12.6. The largest absolute Gasteiger partial charge is 0.477 e. The van der Waals surface area contributed by atoms with Gasteiger partial charge in [-0.25, -0.2) is 4.79 Å². The van der Waals surface area contributed by atoms with Gasteiger partial charge in [0.1, 0.15) is 5.69 Å². The van der Waals surface area contributed by atoms with Crippen LogP contribution in [0.5, 0.6) is 0 Å².